The summed E-state index contributed by atoms with van der Waals surface area (Å²) in [5.41, 5.74) is 7.14. The van der Waals surface area contributed by atoms with Crippen molar-refractivity contribution in [2.24, 2.45) is 17.9 Å². The SMILES string of the molecule is Cc1nn(C)c(C)c1Oc1ccc(C(N)=NO)cc1F. The first-order chi connectivity index (χ1) is 9.43. The van der Waals surface area contributed by atoms with Gasteiger partial charge in [-0.2, -0.15) is 5.10 Å². The molecule has 0 aliphatic rings. The van der Waals surface area contributed by atoms with Crippen molar-refractivity contribution in [3.05, 3.63) is 41.0 Å². The molecule has 0 atom stereocenters. The summed E-state index contributed by atoms with van der Waals surface area (Å²) in [6, 6.07) is 4.08. The van der Waals surface area contributed by atoms with Gasteiger partial charge in [-0.25, -0.2) is 4.39 Å². The van der Waals surface area contributed by atoms with Gasteiger partial charge in [0, 0.05) is 12.6 Å². The van der Waals surface area contributed by atoms with E-state index in [2.05, 4.69) is 10.3 Å². The molecule has 1 aromatic carbocycles. The Morgan fingerprint density at radius 3 is 2.65 bits per heavy atom. The molecular weight excluding hydrogens is 263 g/mol. The van der Waals surface area contributed by atoms with E-state index in [-0.39, 0.29) is 17.1 Å². The minimum atomic E-state index is -0.600. The number of hydrogen-bond acceptors (Lipinski definition) is 4. The number of nitrogens with two attached hydrogens (primary N) is 1. The molecule has 1 heterocycles. The third-order valence-electron chi connectivity index (χ3n) is 2.99. The van der Waals surface area contributed by atoms with E-state index in [1.807, 2.05) is 6.92 Å². The summed E-state index contributed by atoms with van der Waals surface area (Å²) in [7, 11) is 1.78. The van der Waals surface area contributed by atoms with Crippen molar-refractivity contribution in [3.63, 3.8) is 0 Å². The van der Waals surface area contributed by atoms with Gasteiger partial charge in [0.2, 0.25) is 0 Å². The Bertz CT molecular complexity index is 679. The van der Waals surface area contributed by atoms with Gasteiger partial charge in [0.1, 0.15) is 5.69 Å². The zero-order chi connectivity index (χ0) is 14.9. The van der Waals surface area contributed by atoms with Crippen molar-refractivity contribution in [1.82, 2.24) is 9.78 Å². The quantitative estimate of drug-likeness (QED) is 0.389. The lowest BCUT2D eigenvalue weighted by molar-refractivity contribution is 0.318. The summed E-state index contributed by atoms with van der Waals surface area (Å²) in [6.07, 6.45) is 0. The van der Waals surface area contributed by atoms with Gasteiger partial charge in [0.05, 0.1) is 5.69 Å². The number of oxime groups is 1. The van der Waals surface area contributed by atoms with E-state index in [1.165, 1.54) is 12.1 Å². The van der Waals surface area contributed by atoms with Crippen LogP contribution in [0.4, 0.5) is 4.39 Å². The topological polar surface area (TPSA) is 85.7 Å². The van der Waals surface area contributed by atoms with Crippen LogP contribution in [0, 0.1) is 19.7 Å². The summed E-state index contributed by atoms with van der Waals surface area (Å²) in [5, 5.41) is 15.6. The molecule has 0 bridgehead atoms. The largest absolute Gasteiger partial charge is 0.450 e. The van der Waals surface area contributed by atoms with Gasteiger partial charge in [-0.3, -0.25) is 4.68 Å². The van der Waals surface area contributed by atoms with Gasteiger partial charge < -0.3 is 15.7 Å². The first kappa shape index (κ1) is 13.9. The molecule has 2 rings (SSSR count). The second-order valence-electron chi connectivity index (χ2n) is 4.36. The van der Waals surface area contributed by atoms with E-state index >= 15 is 0 Å². The lowest BCUT2D eigenvalue weighted by atomic mass is 10.2. The lowest BCUT2D eigenvalue weighted by Gasteiger charge is -2.08. The van der Waals surface area contributed by atoms with E-state index in [4.69, 9.17) is 15.7 Å². The van der Waals surface area contributed by atoms with E-state index in [9.17, 15) is 4.39 Å². The number of rotatable bonds is 3. The Hall–Kier alpha value is -2.57. The first-order valence-electron chi connectivity index (χ1n) is 5.89. The predicted octanol–water partition coefficient (Wildman–Crippen LogP) is 2.06. The Labute approximate surface area is 115 Å². The highest BCUT2D eigenvalue weighted by atomic mass is 19.1. The number of benzene rings is 1. The normalized spacial score (nSPS) is 11.7. The van der Waals surface area contributed by atoms with Crippen LogP contribution in [0.25, 0.3) is 0 Å². The summed E-state index contributed by atoms with van der Waals surface area (Å²) < 4.78 is 21.2. The fraction of sp³-hybridized carbons (Fsp3) is 0.231. The molecule has 0 fully saturated rings. The van der Waals surface area contributed by atoms with Crippen LogP contribution in [0.1, 0.15) is 17.0 Å². The smallest absolute Gasteiger partial charge is 0.171 e. The molecule has 0 aliphatic carbocycles. The van der Waals surface area contributed by atoms with E-state index in [0.717, 1.165) is 11.8 Å². The van der Waals surface area contributed by atoms with Crippen molar-refractivity contribution < 1.29 is 14.3 Å². The molecule has 6 nitrogen and oxygen atoms in total. The number of nitrogens with zero attached hydrogens (tertiary/aromatic N) is 3. The maximum absolute atomic E-state index is 14.0. The molecule has 20 heavy (non-hydrogen) atoms. The van der Waals surface area contributed by atoms with Crippen LogP contribution in [-0.4, -0.2) is 20.8 Å². The molecular formula is C13H15FN4O2. The highest BCUT2D eigenvalue weighted by Crippen LogP contribution is 2.30. The molecule has 0 spiro atoms. The fourth-order valence-corrected chi connectivity index (χ4v) is 1.81. The standard InChI is InChI=1S/C13H15FN4O2/c1-7-12(8(2)18(3)16-7)20-11-5-4-9(6-10(11)14)13(15)17-19/h4-6,19H,1-3H3,(H2,15,17). The summed E-state index contributed by atoms with van der Waals surface area (Å²) in [6.45, 7) is 3.61. The molecule has 106 valence electrons. The lowest BCUT2D eigenvalue weighted by Crippen LogP contribution is -2.13. The van der Waals surface area contributed by atoms with E-state index in [1.54, 1.807) is 18.7 Å². The number of hydrogen-bond donors (Lipinski definition) is 2. The summed E-state index contributed by atoms with van der Waals surface area (Å²) >= 11 is 0. The van der Waals surface area contributed by atoms with Crippen LogP contribution in [-0.2, 0) is 7.05 Å². The third-order valence-corrected chi connectivity index (χ3v) is 2.99. The molecule has 0 aliphatic heterocycles. The Morgan fingerprint density at radius 2 is 2.15 bits per heavy atom. The van der Waals surface area contributed by atoms with Gasteiger partial charge in [0.25, 0.3) is 0 Å². The number of amidine groups is 1. The number of aromatic nitrogens is 2. The average molecular weight is 278 g/mol. The second kappa shape index (κ2) is 5.20. The molecule has 0 unspecified atom stereocenters. The molecule has 7 heteroatoms. The minimum absolute atomic E-state index is 0.0543. The Balaban J connectivity index is 2.35. The Morgan fingerprint density at radius 1 is 1.45 bits per heavy atom. The molecule has 2 aromatic rings. The van der Waals surface area contributed by atoms with Crippen LogP contribution in [0.2, 0.25) is 0 Å². The van der Waals surface area contributed by atoms with Crippen molar-refractivity contribution in [3.8, 4) is 11.5 Å². The maximum atomic E-state index is 14.0. The summed E-state index contributed by atoms with van der Waals surface area (Å²) in [5.74, 6) is -0.192. The van der Waals surface area contributed by atoms with Crippen molar-refractivity contribution >= 4 is 5.84 Å². The molecule has 0 saturated carbocycles. The maximum Gasteiger partial charge on any atom is 0.171 e. The zero-order valence-corrected chi connectivity index (χ0v) is 11.4. The van der Waals surface area contributed by atoms with Gasteiger partial charge >= 0.3 is 0 Å². The molecule has 3 N–H and O–H groups in total. The number of aryl methyl sites for hydroxylation is 2. The fourth-order valence-electron chi connectivity index (χ4n) is 1.81. The molecule has 0 amide bonds. The van der Waals surface area contributed by atoms with Crippen molar-refractivity contribution in [2.45, 2.75) is 13.8 Å². The van der Waals surface area contributed by atoms with Crippen LogP contribution in [0.5, 0.6) is 11.5 Å². The average Bonchev–Trinajstić information content (AvgIpc) is 2.66. The van der Waals surface area contributed by atoms with Crippen LogP contribution in [0.3, 0.4) is 0 Å². The van der Waals surface area contributed by atoms with E-state index in [0.29, 0.717) is 11.4 Å². The van der Waals surface area contributed by atoms with Crippen LogP contribution >= 0.6 is 0 Å². The van der Waals surface area contributed by atoms with Crippen molar-refractivity contribution in [2.75, 3.05) is 0 Å². The minimum Gasteiger partial charge on any atom is -0.450 e. The molecule has 0 saturated heterocycles. The van der Waals surface area contributed by atoms with E-state index < -0.39 is 5.82 Å². The van der Waals surface area contributed by atoms with Gasteiger partial charge in [-0.15, -0.1) is 0 Å². The summed E-state index contributed by atoms with van der Waals surface area (Å²) in [4.78, 5) is 0. The van der Waals surface area contributed by atoms with Crippen LogP contribution < -0.4 is 10.5 Å². The van der Waals surface area contributed by atoms with Gasteiger partial charge in [-0.1, -0.05) is 5.16 Å². The Kier molecular flexibility index (Phi) is 3.60. The highest BCUT2D eigenvalue weighted by molar-refractivity contribution is 5.97. The number of ether oxygens (including phenoxy) is 1. The van der Waals surface area contributed by atoms with Crippen molar-refractivity contribution in [1.29, 1.82) is 0 Å². The number of halogens is 1. The zero-order valence-electron chi connectivity index (χ0n) is 11.4. The monoisotopic (exact) mass is 278 g/mol. The third kappa shape index (κ3) is 2.42. The first-order valence-corrected chi connectivity index (χ1v) is 5.89. The molecule has 0 radical (unpaired) electrons. The second-order valence-corrected chi connectivity index (χ2v) is 4.36. The highest BCUT2D eigenvalue weighted by Gasteiger charge is 2.14. The van der Waals surface area contributed by atoms with Gasteiger partial charge in [-0.05, 0) is 32.0 Å². The predicted molar refractivity (Wildman–Crippen MR) is 71.7 cm³/mol. The van der Waals surface area contributed by atoms with Gasteiger partial charge in [0.15, 0.2) is 23.2 Å². The molecule has 1 aromatic heterocycles. The van der Waals surface area contributed by atoms with Crippen LogP contribution in [0.15, 0.2) is 23.4 Å².